The zero-order valence-corrected chi connectivity index (χ0v) is 19.6. The molecule has 0 aromatic heterocycles. The fourth-order valence-electron chi connectivity index (χ4n) is 4.07. The van der Waals surface area contributed by atoms with Gasteiger partial charge in [-0.2, -0.15) is 26.3 Å². The van der Waals surface area contributed by atoms with Gasteiger partial charge in [0.15, 0.2) is 15.3 Å². The lowest BCUT2D eigenvalue weighted by atomic mass is 9.78. The molecule has 11 heteroatoms. The highest BCUT2D eigenvalue weighted by atomic mass is 79.9. The van der Waals surface area contributed by atoms with Crippen molar-refractivity contribution in [2.24, 2.45) is 0 Å². The van der Waals surface area contributed by atoms with Crippen LogP contribution in [0.5, 0.6) is 0 Å². The molecule has 2 aromatic carbocycles. The van der Waals surface area contributed by atoms with Gasteiger partial charge >= 0.3 is 12.4 Å². The zero-order valence-electron chi connectivity index (χ0n) is 17.2. The molecule has 0 saturated heterocycles. The van der Waals surface area contributed by atoms with Crippen molar-refractivity contribution in [1.29, 1.82) is 0 Å². The molecule has 1 aliphatic carbocycles. The van der Waals surface area contributed by atoms with E-state index in [1.807, 2.05) is 0 Å². The predicted octanol–water partition coefficient (Wildman–Crippen LogP) is 6.25. The van der Waals surface area contributed by atoms with Gasteiger partial charge in [0.25, 0.3) is 0 Å². The van der Waals surface area contributed by atoms with Crippen molar-refractivity contribution in [2.75, 3.05) is 0 Å². The summed E-state index contributed by atoms with van der Waals surface area (Å²) in [5.74, 6) is -0.229. The molecule has 3 nitrogen and oxygen atoms in total. The lowest BCUT2D eigenvalue weighted by molar-refractivity contribution is -0.297. The zero-order chi connectivity index (χ0) is 24.9. The smallest absolute Gasteiger partial charge is 0.298 e. The Bertz CT molecular complexity index is 1110. The van der Waals surface area contributed by atoms with Crippen LogP contribution in [0.25, 0.3) is 0 Å². The molecule has 2 atom stereocenters. The molecule has 0 spiro atoms. The maximum absolute atomic E-state index is 13.7. The molecule has 2 aromatic rings. The Kier molecular flexibility index (Phi) is 6.56. The van der Waals surface area contributed by atoms with Crippen molar-refractivity contribution in [2.45, 2.75) is 58.4 Å². The third-order valence-electron chi connectivity index (χ3n) is 6.32. The molecule has 180 valence electrons. The summed E-state index contributed by atoms with van der Waals surface area (Å²) < 4.78 is 106. The number of hydrogen-bond acceptors (Lipinski definition) is 3. The van der Waals surface area contributed by atoms with E-state index < -0.39 is 42.7 Å². The third kappa shape index (κ3) is 4.11. The molecule has 1 fully saturated rings. The first-order valence-corrected chi connectivity index (χ1v) is 12.2. The van der Waals surface area contributed by atoms with E-state index in [0.29, 0.717) is 12.1 Å². The van der Waals surface area contributed by atoms with E-state index in [1.54, 1.807) is 6.07 Å². The predicted molar refractivity (Wildman–Crippen MR) is 113 cm³/mol. The van der Waals surface area contributed by atoms with Crippen molar-refractivity contribution in [3.63, 3.8) is 0 Å². The minimum atomic E-state index is -5.63. The van der Waals surface area contributed by atoms with Crippen molar-refractivity contribution in [1.82, 2.24) is 0 Å². The lowest BCUT2D eigenvalue weighted by Gasteiger charge is -2.39. The van der Waals surface area contributed by atoms with Crippen LogP contribution in [0.15, 0.2) is 59.5 Å². The fourth-order valence-corrected chi connectivity index (χ4v) is 7.23. The van der Waals surface area contributed by atoms with Crippen LogP contribution >= 0.6 is 15.9 Å². The first-order valence-electron chi connectivity index (χ1n) is 9.79. The Labute approximate surface area is 195 Å². The summed E-state index contributed by atoms with van der Waals surface area (Å²) in [6.07, 6.45) is -11.7. The van der Waals surface area contributed by atoms with Crippen LogP contribution in [0.2, 0.25) is 0 Å². The van der Waals surface area contributed by atoms with E-state index in [2.05, 4.69) is 15.9 Å². The van der Waals surface area contributed by atoms with E-state index in [0.717, 1.165) is 12.1 Å². The van der Waals surface area contributed by atoms with E-state index in [4.69, 9.17) is 0 Å². The molecular weight excluding hydrogens is 538 g/mol. The summed E-state index contributed by atoms with van der Waals surface area (Å²) in [4.78, 5) is 11.2. The Morgan fingerprint density at radius 2 is 1.42 bits per heavy atom. The van der Waals surface area contributed by atoms with Gasteiger partial charge in [0, 0.05) is 6.42 Å². The van der Waals surface area contributed by atoms with Gasteiger partial charge in [0.2, 0.25) is 0 Å². The molecule has 2 unspecified atom stereocenters. The summed E-state index contributed by atoms with van der Waals surface area (Å²) in [6, 6.07) is 10.6. The Morgan fingerprint density at radius 1 is 0.909 bits per heavy atom. The van der Waals surface area contributed by atoms with Crippen LogP contribution in [0.4, 0.5) is 26.3 Å². The number of carbonyl (C=O) groups is 1. The molecule has 0 bridgehead atoms. The van der Waals surface area contributed by atoms with Crippen molar-refractivity contribution in [3.8, 4) is 0 Å². The van der Waals surface area contributed by atoms with Crippen molar-refractivity contribution in [3.05, 3.63) is 65.7 Å². The van der Waals surface area contributed by atoms with E-state index >= 15 is 0 Å². The molecule has 1 aliphatic rings. The summed E-state index contributed by atoms with van der Waals surface area (Å²) in [7, 11) is -4.16. The van der Waals surface area contributed by atoms with Gasteiger partial charge in [-0.15, -0.1) is 0 Å². The monoisotopic (exact) mass is 556 g/mol. The number of hydrogen-bond donors (Lipinski definition) is 0. The summed E-state index contributed by atoms with van der Waals surface area (Å²) in [5.41, 5.74) is -5.16. The molecule has 33 heavy (non-hydrogen) atoms. The average molecular weight is 557 g/mol. The second-order valence-corrected chi connectivity index (χ2v) is 11.5. The number of alkyl halides is 7. The Balaban J connectivity index is 2.19. The highest BCUT2D eigenvalue weighted by Crippen LogP contribution is 2.53. The average Bonchev–Trinajstić information content (AvgIpc) is 2.74. The summed E-state index contributed by atoms with van der Waals surface area (Å²) in [6.45, 7) is 0.0479. The number of benzene rings is 2. The van der Waals surface area contributed by atoms with Crippen molar-refractivity contribution < 1.29 is 39.6 Å². The molecule has 0 aliphatic heterocycles. The van der Waals surface area contributed by atoms with Crippen LogP contribution < -0.4 is 0 Å². The van der Waals surface area contributed by atoms with E-state index in [-0.39, 0.29) is 42.4 Å². The van der Waals surface area contributed by atoms with Gasteiger partial charge in [0.05, 0.1) is 9.72 Å². The maximum Gasteiger partial charge on any atom is 0.406 e. The minimum Gasteiger partial charge on any atom is -0.298 e. The highest BCUT2D eigenvalue weighted by Gasteiger charge is 2.68. The maximum atomic E-state index is 13.7. The molecule has 0 heterocycles. The standard InChI is InChI=1S/C22H19BrF6O3S/c1-19(21(24,25)26,22(27,28)29)14-7-9-15(10-8-14)20(12-11-18(30)17(23)13-20)33(31,32)16-5-3-2-4-6-16/h2-10,17H,11-13H2,1H3. The summed E-state index contributed by atoms with van der Waals surface area (Å²) in [5, 5.41) is 0. The molecular formula is C22H19BrF6O3S. The van der Waals surface area contributed by atoms with Gasteiger partial charge in [-0.3, -0.25) is 4.79 Å². The second kappa shape index (κ2) is 8.41. The molecule has 0 N–H and O–H groups in total. The van der Waals surface area contributed by atoms with Gasteiger partial charge in [-0.25, -0.2) is 8.42 Å². The Morgan fingerprint density at radius 3 is 1.88 bits per heavy atom. The van der Waals surface area contributed by atoms with Crippen molar-refractivity contribution >= 4 is 31.6 Å². The van der Waals surface area contributed by atoms with Crippen LogP contribution in [-0.4, -0.2) is 31.4 Å². The van der Waals surface area contributed by atoms with Gasteiger partial charge < -0.3 is 0 Å². The fraction of sp³-hybridized carbons (Fsp3) is 0.409. The van der Waals surface area contributed by atoms with Crippen LogP contribution in [0, 0.1) is 0 Å². The number of sulfone groups is 1. The Hall–Kier alpha value is -1.88. The van der Waals surface area contributed by atoms with Crippen LogP contribution in [-0.2, 0) is 24.8 Å². The van der Waals surface area contributed by atoms with Gasteiger partial charge in [-0.1, -0.05) is 58.4 Å². The van der Waals surface area contributed by atoms with E-state index in [1.165, 1.54) is 24.3 Å². The highest BCUT2D eigenvalue weighted by molar-refractivity contribution is 9.10. The quantitative estimate of drug-likeness (QED) is 0.330. The molecule has 0 amide bonds. The van der Waals surface area contributed by atoms with Gasteiger partial charge in [-0.05, 0) is 43.0 Å². The van der Waals surface area contributed by atoms with Crippen LogP contribution in [0.1, 0.15) is 37.3 Å². The first-order chi connectivity index (χ1) is 15.1. The lowest BCUT2D eigenvalue weighted by Crippen LogP contribution is -2.51. The molecule has 0 radical (unpaired) electrons. The van der Waals surface area contributed by atoms with Crippen LogP contribution in [0.3, 0.4) is 0 Å². The number of halogens is 7. The third-order valence-corrected chi connectivity index (χ3v) is 9.69. The first kappa shape index (κ1) is 25.7. The number of rotatable bonds is 4. The van der Waals surface area contributed by atoms with Gasteiger partial charge in [0.1, 0.15) is 10.5 Å². The topological polar surface area (TPSA) is 51.2 Å². The van der Waals surface area contributed by atoms with E-state index in [9.17, 15) is 39.6 Å². The normalized spacial score (nSPS) is 22.9. The SMILES string of the molecule is CC(c1ccc(C2(S(=O)(=O)c3ccccc3)CCC(=O)C(Br)C2)cc1)(C(F)(F)F)C(F)(F)F. The largest absolute Gasteiger partial charge is 0.406 e. The number of carbonyl (C=O) groups excluding carboxylic acids is 1. The molecule has 1 saturated carbocycles. The molecule has 3 rings (SSSR count). The number of ketones is 1. The number of Topliss-reactive ketones (excluding diaryl/α,β-unsaturated/α-hetero) is 1. The minimum absolute atomic E-state index is 0.0266. The summed E-state index contributed by atoms with van der Waals surface area (Å²) >= 11 is 3.18. The second-order valence-electron chi connectivity index (χ2n) is 8.15.